The van der Waals surface area contributed by atoms with Gasteiger partial charge in [0.25, 0.3) is 0 Å². The van der Waals surface area contributed by atoms with Crippen LogP contribution in [0.25, 0.3) is 0 Å². The summed E-state index contributed by atoms with van der Waals surface area (Å²) >= 11 is 3.43. The molecule has 1 aromatic carbocycles. The fraction of sp³-hybridized carbons (Fsp3) is 0.455. The molecule has 2 N–H and O–H groups in total. The molecule has 0 aliphatic carbocycles. The Kier molecular flexibility index (Phi) is 6.70. The quantitative estimate of drug-likeness (QED) is 0.584. The van der Waals surface area contributed by atoms with Gasteiger partial charge in [0.1, 0.15) is 5.82 Å². The summed E-state index contributed by atoms with van der Waals surface area (Å²) in [4.78, 5) is 37.9. The topological polar surface area (TPSA) is 90.5 Å². The number of rotatable bonds is 7. The number of hydrogen-bond acceptors (Lipinski definition) is 6. The second kappa shape index (κ2) is 9.64. The van der Waals surface area contributed by atoms with E-state index in [2.05, 4.69) is 41.4 Å². The number of carbonyl (C=O) groups excluding carboxylic acids is 2. The molecule has 2 saturated heterocycles. The molecule has 31 heavy (non-hydrogen) atoms. The molecule has 2 aliphatic rings. The zero-order valence-electron chi connectivity index (χ0n) is 17.6. The third-order valence-electron chi connectivity index (χ3n) is 5.59. The van der Waals surface area contributed by atoms with E-state index in [1.807, 2.05) is 37.3 Å². The van der Waals surface area contributed by atoms with Crippen molar-refractivity contribution in [3.05, 3.63) is 40.5 Å². The maximum Gasteiger partial charge on any atom is 0.227 e. The van der Waals surface area contributed by atoms with Gasteiger partial charge in [-0.05, 0) is 38.0 Å². The SMILES string of the molecule is Cc1cc(N2CCCC2)nc(NCCNC(=O)C2CC(=O)N(c3cccc(Br)c3)C2)n1. The lowest BCUT2D eigenvalue weighted by molar-refractivity contribution is -0.126. The normalized spacial score (nSPS) is 18.5. The van der Waals surface area contributed by atoms with Gasteiger partial charge in [-0.3, -0.25) is 9.59 Å². The Morgan fingerprint density at radius 2 is 2.00 bits per heavy atom. The number of anilines is 3. The number of nitrogens with zero attached hydrogens (tertiary/aromatic N) is 4. The highest BCUT2D eigenvalue weighted by Gasteiger charge is 2.35. The van der Waals surface area contributed by atoms with Crippen molar-refractivity contribution in [3.8, 4) is 0 Å². The Morgan fingerprint density at radius 3 is 2.77 bits per heavy atom. The molecule has 1 aromatic heterocycles. The molecule has 2 aliphatic heterocycles. The standard InChI is InChI=1S/C22H27BrN6O2/c1-15-11-19(28-9-2-3-10-28)27-22(26-15)25-8-7-24-21(31)16-12-20(30)29(14-16)18-6-4-5-17(23)13-18/h4-6,11,13,16H,2-3,7-10,12,14H2,1H3,(H,24,31)(H,25,26,27). The van der Waals surface area contributed by atoms with E-state index in [4.69, 9.17) is 0 Å². The Balaban J connectivity index is 1.26. The first-order valence-electron chi connectivity index (χ1n) is 10.7. The van der Waals surface area contributed by atoms with Crippen LogP contribution in [0.1, 0.15) is 25.0 Å². The van der Waals surface area contributed by atoms with Crippen molar-refractivity contribution in [2.24, 2.45) is 5.92 Å². The van der Waals surface area contributed by atoms with Gasteiger partial charge in [0.05, 0.1) is 5.92 Å². The first-order chi connectivity index (χ1) is 15.0. The molecule has 4 rings (SSSR count). The minimum absolute atomic E-state index is 0.0287. The minimum atomic E-state index is -0.344. The number of aryl methyl sites for hydroxylation is 1. The second-order valence-corrected chi connectivity index (χ2v) is 8.90. The average Bonchev–Trinajstić information content (AvgIpc) is 3.41. The molecule has 2 amide bonds. The van der Waals surface area contributed by atoms with E-state index in [-0.39, 0.29) is 24.2 Å². The van der Waals surface area contributed by atoms with Gasteiger partial charge in [0.15, 0.2) is 0 Å². The molecule has 2 aromatic rings. The van der Waals surface area contributed by atoms with Crippen LogP contribution in [0.4, 0.5) is 17.5 Å². The number of carbonyl (C=O) groups is 2. The van der Waals surface area contributed by atoms with E-state index >= 15 is 0 Å². The lowest BCUT2D eigenvalue weighted by Crippen LogP contribution is -2.35. The van der Waals surface area contributed by atoms with Crippen LogP contribution >= 0.6 is 15.9 Å². The van der Waals surface area contributed by atoms with E-state index < -0.39 is 0 Å². The van der Waals surface area contributed by atoms with Crippen LogP contribution in [0.3, 0.4) is 0 Å². The second-order valence-electron chi connectivity index (χ2n) is 7.99. The summed E-state index contributed by atoms with van der Waals surface area (Å²) < 4.78 is 0.906. The smallest absolute Gasteiger partial charge is 0.227 e. The van der Waals surface area contributed by atoms with Crippen LogP contribution in [0.2, 0.25) is 0 Å². The molecule has 9 heteroatoms. The van der Waals surface area contributed by atoms with Crippen LogP contribution in [0, 0.1) is 12.8 Å². The maximum atomic E-state index is 12.6. The predicted molar refractivity (Wildman–Crippen MR) is 124 cm³/mol. The third-order valence-corrected chi connectivity index (χ3v) is 6.09. The zero-order chi connectivity index (χ0) is 21.8. The lowest BCUT2D eigenvalue weighted by atomic mass is 10.1. The molecule has 3 heterocycles. The number of halogens is 1. The van der Waals surface area contributed by atoms with Gasteiger partial charge in [0, 0.05) is 61.1 Å². The first-order valence-corrected chi connectivity index (χ1v) is 11.5. The third kappa shape index (κ3) is 5.33. The predicted octanol–water partition coefficient (Wildman–Crippen LogP) is 2.73. The van der Waals surface area contributed by atoms with E-state index in [1.54, 1.807) is 4.90 Å². The van der Waals surface area contributed by atoms with Gasteiger partial charge < -0.3 is 20.4 Å². The molecule has 0 bridgehead atoms. The Bertz CT molecular complexity index is 963. The van der Waals surface area contributed by atoms with E-state index in [9.17, 15) is 9.59 Å². The largest absolute Gasteiger partial charge is 0.356 e. The van der Waals surface area contributed by atoms with Crippen molar-refractivity contribution >= 4 is 45.2 Å². The number of hydrogen-bond donors (Lipinski definition) is 2. The number of aromatic nitrogens is 2. The van der Waals surface area contributed by atoms with E-state index in [0.29, 0.717) is 25.6 Å². The van der Waals surface area contributed by atoms with Crippen LogP contribution in [-0.2, 0) is 9.59 Å². The highest BCUT2D eigenvalue weighted by Crippen LogP contribution is 2.27. The summed E-state index contributed by atoms with van der Waals surface area (Å²) in [6.07, 6.45) is 2.62. The molecular formula is C22H27BrN6O2. The van der Waals surface area contributed by atoms with Gasteiger partial charge in [-0.1, -0.05) is 22.0 Å². The van der Waals surface area contributed by atoms with Crippen molar-refractivity contribution < 1.29 is 9.59 Å². The van der Waals surface area contributed by atoms with Crippen molar-refractivity contribution in [2.75, 3.05) is 47.8 Å². The van der Waals surface area contributed by atoms with Gasteiger partial charge in [0.2, 0.25) is 17.8 Å². The Morgan fingerprint density at radius 1 is 1.19 bits per heavy atom. The van der Waals surface area contributed by atoms with Gasteiger partial charge in [-0.2, -0.15) is 4.98 Å². The summed E-state index contributed by atoms with van der Waals surface area (Å²) in [5, 5.41) is 6.13. The molecular weight excluding hydrogens is 460 g/mol. The number of nitrogens with one attached hydrogen (secondary N) is 2. The molecule has 2 fully saturated rings. The molecule has 0 radical (unpaired) electrons. The van der Waals surface area contributed by atoms with Crippen LogP contribution in [0.5, 0.6) is 0 Å². The maximum absolute atomic E-state index is 12.6. The van der Waals surface area contributed by atoms with E-state index in [1.165, 1.54) is 12.8 Å². The number of benzene rings is 1. The van der Waals surface area contributed by atoms with Crippen molar-refractivity contribution in [1.82, 2.24) is 15.3 Å². The summed E-state index contributed by atoms with van der Waals surface area (Å²) in [7, 11) is 0. The molecule has 164 valence electrons. The van der Waals surface area contributed by atoms with Crippen LogP contribution in [-0.4, -0.2) is 54.5 Å². The summed E-state index contributed by atoms with van der Waals surface area (Å²) in [5.41, 5.74) is 1.72. The van der Waals surface area contributed by atoms with Crippen molar-refractivity contribution in [1.29, 1.82) is 0 Å². The molecule has 8 nitrogen and oxygen atoms in total. The monoisotopic (exact) mass is 486 g/mol. The first kappa shape index (κ1) is 21.5. The zero-order valence-corrected chi connectivity index (χ0v) is 19.2. The molecule has 1 unspecified atom stereocenters. The summed E-state index contributed by atoms with van der Waals surface area (Å²) in [6.45, 7) is 5.38. The Hall–Kier alpha value is -2.68. The fourth-order valence-corrected chi connectivity index (χ4v) is 4.41. The lowest BCUT2D eigenvalue weighted by Gasteiger charge is -2.18. The molecule has 0 spiro atoms. The highest BCUT2D eigenvalue weighted by molar-refractivity contribution is 9.10. The van der Waals surface area contributed by atoms with Gasteiger partial charge in [-0.25, -0.2) is 4.98 Å². The summed E-state index contributed by atoms with van der Waals surface area (Å²) in [6, 6.07) is 9.57. The highest BCUT2D eigenvalue weighted by atomic mass is 79.9. The number of amides is 2. The summed E-state index contributed by atoms with van der Waals surface area (Å²) in [5.74, 6) is 1.06. The average molecular weight is 487 g/mol. The Labute approximate surface area is 190 Å². The van der Waals surface area contributed by atoms with Crippen LogP contribution in [0.15, 0.2) is 34.8 Å². The molecule has 0 saturated carbocycles. The molecule has 1 atom stereocenters. The van der Waals surface area contributed by atoms with E-state index in [0.717, 1.165) is 34.8 Å². The minimum Gasteiger partial charge on any atom is -0.356 e. The van der Waals surface area contributed by atoms with Crippen molar-refractivity contribution in [3.63, 3.8) is 0 Å². The van der Waals surface area contributed by atoms with Crippen molar-refractivity contribution in [2.45, 2.75) is 26.2 Å². The van der Waals surface area contributed by atoms with Crippen LogP contribution < -0.4 is 20.4 Å². The fourth-order valence-electron chi connectivity index (χ4n) is 4.02. The van der Waals surface area contributed by atoms with Gasteiger partial charge in [-0.15, -0.1) is 0 Å². The van der Waals surface area contributed by atoms with Gasteiger partial charge >= 0.3 is 0 Å².